The third-order valence-corrected chi connectivity index (χ3v) is 3.37. The Morgan fingerprint density at radius 1 is 1.30 bits per heavy atom. The number of allylic oxidation sites excluding steroid dienone is 7. The monoisotopic (exact) mass is 280 g/mol. The first-order valence-electron chi connectivity index (χ1n) is 7.25. The minimum atomic E-state index is -2.46. The molecule has 0 unspecified atom stereocenters. The third kappa shape index (κ3) is 5.44. The summed E-state index contributed by atoms with van der Waals surface area (Å²) in [5, 5.41) is 0. The van der Waals surface area contributed by atoms with Crippen LogP contribution in [0.5, 0.6) is 0 Å². The van der Waals surface area contributed by atoms with Gasteiger partial charge in [0.1, 0.15) is 0 Å². The molecule has 0 radical (unpaired) electrons. The first kappa shape index (κ1) is 16.9. The zero-order valence-corrected chi connectivity index (χ0v) is 13.0. The topological polar surface area (TPSA) is 0 Å². The molecule has 0 aromatic heterocycles. The molecule has 0 aromatic rings. The first-order chi connectivity index (χ1) is 9.21. The maximum Gasteiger partial charge on any atom is 0.264 e. The Morgan fingerprint density at radius 3 is 2.50 bits per heavy atom. The van der Waals surface area contributed by atoms with Gasteiger partial charge in [-0.25, -0.2) is 8.78 Å². The molecule has 1 rings (SSSR count). The van der Waals surface area contributed by atoms with Crippen molar-refractivity contribution in [2.45, 2.75) is 53.4 Å². The van der Waals surface area contributed by atoms with E-state index in [0.717, 1.165) is 12.8 Å². The van der Waals surface area contributed by atoms with Crippen LogP contribution in [0, 0.1) is 11.3 Å². The van der Waals surface area contributed by atoms with Crippen LogP contribution in [0.2, 0.25) is 0 Å². The van der Waals surface area contributed by atoms with Gasteiger partial charge in [-0.15, -0.1) is 0 Å². The van der Waals surface area contributed by atoms with Crippen LogP contribution in [0.1, 0.15) is 47.0 Å². The second-order valence-electron chi connectivity index (χ2n) is 6.72. The highest BCUT2D eigenvalue weighted by atomic mass is 19.3. The van der Waals surface area contributed by atoms with Gasteiger partial charge in [-0.3, -0.25) is 0 Å². The van der Waals surface area contributed by atoms with E-state index in [1.807, 2.05) is 6.08 Å². The molecular weight excluding hydrogens is 254 g/mol. The molecule has 0 N–H and O–H groups in total. The molecule has 0 spiro atoms. The normalized spacial score (nSPS) is 24.3. The Labute approximate surface area is 122 Å². The summed E-state index contributed by atoms with van der Waals surface area (Å²) < 4.78 is 26.1. The van der Waals surface area contributed by atoms with E-state index >= 15 is 0 Å². The SMILES string of the molecule is C=C1CC(C)(C)/C=C(/CC(C)C)C/C=C\C=C1C(F)F. The molecule has 0 aromatic carbocycles. The van der Waals surface area contributed by atoms with E-state index in [1.165, 1.54) is 11.6 Å². The fraction of sp³-hybridized carbons (Fsp3) is 0.556. The van der Waals surface area contributed by atoms with Crippen molar-refractivity contribution in [1.82, 2.24) is 0 Å². The Hall–Kier alpha value is -1.18. The zero-order chi connectivity index (χ0) is 15.3. The minimum absolute atomic E-state index is 0.0648. The van der Waals surface area contributed by atoms with Gasteiger partial charge in [-0.05, 0) is 36.2 Å². The molecule has 0 saturated carbocycles. The Balaban J connectivity index is 3.08. The van der Waals surface area contributed by atoms with Crippen LogP contribution in [0.4, 0.5) is 8.78 Å². The van der Waals surface area contributed by atoms with E-state index in [2.05, 4.69) is 40.3 Å². The second-order valence-corrected chi connectivity index (χ2v) is 6.72. The van der Waals surface area contributed by atoms with Gasteiger partial charge < -0.3 is 0 Å². The first-order valence-corrected chi connectivity index (χ1v) is 7.25. The molecule has 0 amide bonds. The van der Waals surface area contributed by atoms with Crippen molar-refractivity contribution in [2.24, 2.45) is 11.3 Å². The van der Waals surface area contributed by atoms with Crippen molar-refractivity contribution < 1.29 is 8.78 Å². The molecule has 2 heteroatoms. The number of hydrogen-bond acceptors (Lipinski definition) is 0. The van der Waals surface area contributed by atoms with Crippen molar-refractivity contribution in [3.63, 3.8) is 0 Å². The van der Waals surface area contributed by atoms with Gasteiger partial charge in [-0.1, -0.05) is 64.2 Å². The molecule has 0 heterocycles. The molecule has 0 nitrogen and oxygen atoms in total. The lowest BCUT2D eigenvalue weighted by molar-refractivity contribution is 0.191. The summed E-state index contributed by atoms with van der Waals surface area (Å²) in [4.78, 5) is 0. The average Bonchev–Trinajstić information content (AvgIpc) is 2.24. The van der Waals surface area contributed by atoms with E-state index < -0.39 is 6.43 Å². The van der Waals surface area contributed by atoms with Gasteiger partial charge in [0.25, 0.3) is 6.43 Å². The molecule has 0 atom stereocenters. The van der Waals surface area contributed by atoms with Gasteiger partial charge in [0.2, 0.25) is 0 Å². The highest BCUT2D eigenvalue weighted by Gasteiger charge is 2.22. The largest absolute Gasteiger partial charge is 0.264 e. The molecule has 112 valence electrons. The molecule has 0 saturated heterocycles. The maximum atomic E-state index is 13.0. The van der Waals surface area contributed by atoms with Crippen molar-refractivity contribution in [1.29, 1.82) is 0 Å². The van der Waals surface area contributed by atoms with E-state index in [0.29, 0.717) is 17.9 Å². The summed E-state index contributed by atoms with van der Waals surface area (Å²) in [5.74, 6) is 0.601. The number of alkyl halides is 2. The van der Waals surface area contributed by atoms with Gasteiger partial charge in [0.15, 0.2) is 0 Å². The Bertz CT molecular complexity index is 434. The predicted molar refractivity (Wildman–Crippen MR) is 82.9 cm³/mol. The van der Waals surface area contributed by atoms with E-state index in [1.54, 1.807) is 6.08 Å². The molecular formula is C18H26F2. The van der Waals surface area contributed by atoms with Crippen LogP contribution in [0.25, 0.3) is 0 Å². The second kappa shape index (κ2) is 7.01. The van der Waals surface area contributed by atoms with Gasteiger partial charge in [-0.2, -0.15) is 0 Å². The smallest absolute Gasteiger partial charge is 0.205 e. The highest BCUT2D eigenvalue weighted by Crippen LogP contribution is 2.34. The molecule has 0 bridgehead atoms. The zero-order valence-electron chi connectivity index (χ0n) is 13.0. The third-order valence-electron chi connectivity index (χ3n) is 3.37. The van der Waals surface area contributed by atoms with Crippen LogP contribution >= 0.6 is 0 Å². The predicted octanol–water partition coefficient (Wildman–Crippen LogP) is 6.08. The van der Waals surface area contributed by atoms with Gasteiger partial charge >= 0.3 is 0 Å². The molecule has 1 aliphatic carbocycles. The maximum absolute atomic E-state index is 13.0. The summed E-state index contributed by atoms with van der Waals surface area (Å²) in [6.45, 7) is 12.4. The lowest BCUT2D eigenvalue weighted by atomic mass is 9.80. The van der Waals surface area contributed by atoms with Crippen LogP contribution < -0.4 is 0 Å². The van der Waals surface area contributed by atoms with Crippen LogP contribution in [0.15, 0.2) is 47.6 Å². The van der Waals surface area contributed by atoms with Crippen molar-refractivity contribution in [3.05, 3.63) is 47.6 Å². The van der Waals surface area contributed by atoms with Crippen molar-refractivity contribution in [3.8, 4) is 0 Å². The Kier molecular flexibility index (Phi) is 5.91. The standard InChI is InChI=1S/C18H26F2/c1-13(2)10-15-8-6-7-9-16(17(19)20)14(3)11-18(4,5)12-15/h6-7,9,12-13,17H,3,8,10-11H2,1-2,4-5H3/b7-6-,15-12+,16-9?. The number of halogens is 2. The summed E-state index contributed by atoms with van der Waals surface area (Å²) in [7, 11) is 0. The van der Waals surface area contributed by atoms with Crippen molar-refractivity contribution in [2.75, 3.05) is 0 Å². The average molecular weight is 280 g/mol. The van der Waals surface area contributed by atoms with Crippen LogP contribution in [0.3, 0.4) is 0 Å². The Morgan fingerprint density at radius 2 is 1.95 bits per heavy atom. The summed E-state index contributed by atoms with van der Waals surface area (Å²) in [6.07, 6.45) is 7.45. The number of hydrogen-bond donors (Lipinski definition) is 0. The van der Waals surface area contributed by atoms with Crippen LogP contribution in [-0.4, -0.2) is 6.43 Å². The highest BCUT2D eigenvalue weighted by molar-refractivity contribution is 5.36. The fourth-order valence-corrected chi connectivity index (χ4v) is 2.72. The molecule has 1 aliphatic rings. The molecule has 0 aliphatic heterocycles. The molecule has 0 fully saturated rings. The molecule has 20 heavy (non-hydrogen) atoms. The van der Waals surface area contributed by atoms with E-state index in [4.69, 9.17) is 0 Å². The van der Waals surface area contributed by atoms with Crippen molar-refractivity contribution >= 4 is 0 Å². The lowest BCUT2D eigenvalue weighted by Gasteiger charge is -2.25. The van der Waals surface area contributed by atoms with Gasteiger partial charge in [0, 0.05) is 5.57 Å². The summed E-state index contributed by atoms with van der Waals surface area (Å²) >= 11 is 0. The number of rotatable bonds is 3. The lowest BCUT2D eigenvalue weighted by Crippen LogP contribution is -2.13. The minimum Gasteiger partial charge on any atom is -0.205 e. The fourth-order valence-electron chi connectivity index (χ4n) is 2.72. The summed E-state index contributed by atoms with van der Waals surface area (Å²) in [6, 6.07) is 0. The van der Waals surface area contributed by atoms with Crippen LogP contribution in [-0.2, 0) is 0 Å². The van der Waals surface area contributed by atoms with E-state index in [-0.39, 0.29) is 11.0 Å². The quantitative estimate of drug-likeness (QED) is 0.549. The van der Waals surface area contributed by atoms with Gasteiger partial charge in [0.05, 0.1) is 0 Å². The van der Waals surface area contributed by atoms with E-state index in [9.17, 15) is 8.78 Å². The summed E-state index contributed by atoms with van der Waals surface area (Å²) in [5.41, 5.74) is 1.84.